The smallest absolute Gasteiger partial charge is 0.0530 e. The van der Waals surface area contributed by atoms with Gasteiger partial charge < -0.3 is 9.88 Å². The Labute approximate surface area is 90.2 Å². The van der Waals surface area contributed by atoms with Gasteiger partial charge in [0.05, 0.1) is 5.52 Å². The molecule has 2 rings (SSSR count). The van der Waals surface area contributed by atoms with Crippen LogP contribution in [-0.2, 0) is 6.54 Å². The minimum Gasteiger partial charge on any atom is -0.360 e. The number of H-pyrrole nitrogens is 1. The highest BCUT2D eigenvalue weighted by Gasteiger charge is 2.05. The second kappa shape index (κ2) is 3.91. The molecular formula is C13H16N2. The number of aromatic nitrogens is 1. The molecule has 0 unspecified atom stereocenters. The normalized spacial score (nSPS) is 11.1. The molecule has 0 radical (unpaired) electrons. The van der Waals surface area contributed by atoms with E-state index in [4.69, 9.17) is 0 Å². The van der Waals surface area contributed by atoms with Gasteiger partial charge in [-0.25, -0.2) is 0 Å². The number of benzene rings is 1. The molecule has 15 heavy (non-hydrogen) atoms. The average Bonchev–Trinajstić information content (AvgIpc) is 2.61. The molecule has 1 N–H and O–H groups in total. The Balaban J connectivity index is 2.55. The Morgan fingerprint density at radius 2 is 2.20 bits per heavy atom. The van der Waals surface area contributed by atoms with Crippen LogP contribution in [0.2, 0.25) is 0 Å². The first-order valence-electron chi connectivity index (χ1n) is 5.08. The van der Waals surface area contributed by atoms with Crippen LogP contribution in [0.3, 0.4) is 0 Å². The van der Waals surface area contributed by atoms with Gasteiger partial charge in [-0.2, -0.15) is 0 Å². The third-order valence-electron chi connectivity index (χ3n) is 2.54. The maximum absolute atomic E-state index is 3.82. The summed E-state index contributed by atoms with van der Waals surface area (Å²) in [6.07, 6.45) is 3.97. The Bertz CT molecular complexity index is 480. The summed E-state index contributed by atoms with van der Waals surface area (Å²) in [6, 6.07) is 6.30. The van der Waals surface area contributed by atoms with Gasteiger partial charge in [-0.15, -0.1) is 0 Å². The first-order valence-corrected chi connectivity index (χ1v) is 5.08. The number of fused-ring (bicyclic) bond motifs is 1. The maximum Gasteiger partial charge on any atom is 0.0530 e. The molecule has 0 aliphatic heterocycles. The maximum atomic E-state index is 3.82. The summed E-state index contributed by atoms with van der Waals surface area (Å²) in [5.74, 6) is 0. The van der Waals surface area contributed by atoms with Gasteiger partial charge in [-0.05, 0) is 25.2 Å². The molecule has 2 heteroatoms. The number of nitrogens with one attached hydrogen (secondary N) is 1. The molecule has 0 spiro atoms. The number of rotatable bonds is 3. The van der Waals surface area contributed by atoms with E-state index in [0.29, 0.717) is 0 Å². The lowest BCUT2D eigenvalue weighted by Crippen LogP contribution is -2.09. The second-order valence-corrected chi connectivity index (χ2v) is 4.03. The van der Waals surface area contributed by atoms with Crippen molar-refractivity contribution in [3.05, 3.63) is 42.1 Å². The molecule has 0 atom stereocenters. The van der Waals surface area contributed by atoms with E-state index in [1.807, 2.05) is 6.08 Å². The Morgan fingerprint density at radius 1 is 1.40 bits per heavy atom. The van der Waals surface area contributed by atoms with Crippen molar-refractivity contribution in [1.29, 1.82) is 0 Å². The second-order valence-electron chi connectivity index (χ2n) is 4.03. The predicted octanol–water partition coefficient (Wildman–Crippen LogP) is 2.87. The number of hydrogen-bond donors (Lipinski definition) is 1. The van der Waals surface area contributed by atoms with Crippen molar-refractivity contribution in [1.82, 2.24) is 9.88 Å². The molecule has 2 nitrogen and oxygen atoms in total. The van der Waals surface area contributed by atoms with Crippen LogP contribution >= 0.6 is 0 Å². The summed E-state index contributed by atoms with van der Waals surface area (Å²) in [5, 5.41) is 1.29. The highest BCUT2D eigenvalue weighted by molar-refractivity contribution is 5.90. The summed E-state index contributed by atoms with van der Waals surface area (Å²) in [7, 11) is 4.16. The molecule has 0 bridgehead atoms. The van der Waals surface area contributed by atoms with Gasteiger partial charge in [-0.1, -0.05) is 30.9 Å². The van der Waals surface area contributed by atoms with E-state index in [9.17, 15) is 0 Å². The fourth-order valence-corrected chi connectivity index (χ4v) is 1.88. The van der Waals surface area contributed by atoms with Crippen LogP contribution in [0.1, 0.15) is 11.1 Å². The van der Waals surface area contributed by atoms with E-state index >= 15 is 0 Å². The van der Waals surface area contributed by atoms with Crippen LogP contribution in [0, 0.1) is 0 Å². The number of nitrogens with zero attached hydrogens (tertiary/aromatic N) is 1. The standard InChI is InChI=1S/C13H16N2/c1-4-10-6-5-7-12-11(9-15(2)3)8-14-13(10)12/h4-8,14H,1,9H2,2-3H3. The molecule has 0 aliphatic carbocycles. The van der Waals surface area contributed by atoms with Gasteiger partial charge in [0.25, 0.3) is 0 Å². The van der Waals surface area contributed by atoms with Crippen LogP contribution in [0.5, 0.6) is 0 Å². The molecule has 0 fully saturated rings. The van der Waals surface area contributed by atoms with Crippen LogP contribution in [0.4, 0.5) is 0 Å². The SMILES string of the molecule is C=Cc1cccc2c(CN(C)C)c[nH]c12. The van der Waals surface area contributed by atoms with Crippen LogP contribution < -0.4 is 0 Å². The lowest BCUT2D eigenvalue weighted by Gasteiger charge is -2.07. The molecule has 2 aromatic rings. The molecule has 1 heterocycles. The van der Waals surface area contributed by atoms with Crippen LogP contribution in [0.25, 0.3) is 17.0 Å². The zero-order chi connectivity index (χ0) is 10.8. The first-order chi connectivity index (χ1) is 7.22. The molecule has 1 aromatic heterocycles. The van der Waals surface area contributed by atoms with E-state index in [0.717, 1.165) is 12.1 Å². The molecule has 0 amide bonds. The number of aromatic amines is 1. The third-order valence-corrected chi connectivity index (χ3v) is 2.54. The first kappa shape index (κ1) is 9.99. The molecule has 0 aliphatic rings. The van der Waals surface area contributed by atoms with Crippen molar-refractivity contribution >= 4 is 17.0 Å². The minimum atomic E-state index is 0.959. The number of hydrogen-bond acceptors (Lipinski definition) is 1. The summed E-state index contributed by atoms with van der Waals surface area (Å²) < 4.78 is 0. The lowest BCUT2D eigenvalue weighted by molar-refractivity contribution is 0.404. The molecule has 78 valence electrons. The summed E-state index contributed by atoms with van der Waals surface area (Å²) in [4.78, 5) is 5.48. The third kappa shape index (κ3) is 1.81. The highest BCUT2D eigenvalue weighted by Crippen LogP contribution is 2.22. The molecule has 0 saturated heterocycles. The van der Waals surface area contributed by atoms with E-state index in [1.54, 1.807) is 0 Å². The predicted molar refractivity (Wildman–Crippen MR) is 65.8 cm³/mol. The monoisotopic (exact) mass is 200 g/mol. The van der Waals surface area contributed by atoms with Crippen molar-refractivity contribution in [2.75, 3.05) is 14.1 Å². The summed E-state index contributed by atoms with van der Waals surface area (Å²) in [5.41, 5.74) is 3.68. The summed E-state index contributed by atoms with van der Waals surface area (Å²) >= 11 is 0. The zero-order valence-corrected chi connectivity index (χ0v) is 9.25. The van der Waals surface area contributed by atoms with Gasteiger partial charge >= 0.3 is 0 Å². The van der Waals surface area contributed by atoms with Crippen molar-refractivity contribution in [2.45, 2.75) is 6.54 Å². The van der Waals surface area contributed by atoms with Gasteiger partial charge in [0, 0.05) is 18.1 Å². The van der Waals surface area contributed by atoms with E-state index in [-0.39, 0.29) is 0 Å². The summed E-state index contributed by atoms with van der Waals surface area (Å²) in [6.45, 7) is 4.78. The Hall–Kier alpha value is -1.54. The number of para-hydroxylation sites is 1. The fourth-order valence-electron chi connectivity index (χ4n) is 1.88. The topological polar surface area (TPSA) is 19.0 Å². The quantitative estimate of drug-likeness (QED) is 0.807. The molecule has 0 saturated carbocycles. The van der Waals surface area contributed by atoms with Crippen molar-refractivity contribution in [2.24, 2.45) is 0 Å². The Morgan fingerprint density at radius 3 is 2.87 bits per heavy atom. The van der Waals surface area contributed by atoms with Gasteiger partial charge in [0.15, 0.2) is 0 Å². The van der Waals surface area contributed by atoms with Gasteiger partial charge in [0.1, 0.15) is 0 Å². The highest BCUT2D eigenvalue weighted by atomic mass is 15.0. The zero-order valence-electron chi connectivity index (χ0n) is 9.25. The molecule has 1 aromatic carbocycles. The fraction of sp³-hybridized carbons (Fsp3) is 0.231. The molecular weight excluding hydrogens is 184 g/mol. The average molecular weight is 200 g/mol. The van der Waals surface area contributed by atoms with Gasteiger partial charge in [0.2, 0.25) is 0 Å². The van der Waals surface area contributed by atoms with Crippen molar-refractivity contribution in [3.8, 4) is 0 Å². The Kier molecular flexibility index (Phi) is 2.60. The largest absolute Gasteiger partial charge is 0.360 e. The van der Waals surface area contributed by atoms with Crippen LogP contribution in [-0.4, -0.2) is 24.0 Å². The van der Waals surface area contributed by atoms with Crippen molar-refractivity contribution in [3.63, 3.8) is 0 Å². The van der Waals surface area contributed by atoms with Gasteiger partial charge in [-0.3, -0.25) is 0 Å². The van der Waals surface area contributed by atoms with E-state index in [2.05, 4.69) is 55.0 Å². The van der Waals surface area contributed by atoms with Crippen LogP contribution in [0.15, 0.2) is 31.0 Å². The van der Waals surface area contributed by atoms with E-state index in [1.165, 1.54) is 16.5 Å². The van der Waals surface area contributed by atoms with Crippen molar-refractivity contribution < 1.29 is 0 Å². The minimum absolute atomic E-state index is 0.959. The lowest BCUT2D eigenvalue weighted by atomic mass is 10.1. The van der Waals surface area contributed by atoms with E-state index < -0.39 is 0 Å².